The number of nitrogens with one attached hydrogen (secondary N) is 2. The van der Waals surface area contributed by atoms with Gasteiger partial charge in [0.1, 0.15) is 11.9 Å². The molecular weight excluding hydrogens is 424 g/mol. The third-order valence-corrected chi connectivity index (χ3v) is 5.74. The SMILES string of the molecule is C#Cc1nc(NC(=O)N[C@@H](CO)c2ccc(-c3cccc4c3c(C#N)nn4C)cc2)cs1. The molecule has 3 N–H and O–H groups in total. The highest BCUT2D eigenvalue weighted by atomic mass is 32.1. The number of aliphatic hydroxyl groups is 1. The van der Waals surface area contributed by atoms with E-state index in [1.807, 2.05) is 42.5 Å². The van der Waals surface area contributed by atoms with Crippen molar-refractivity contribution in [3.8, 4) is 29.5 Å². The highest BCUT2D eigenvalue weighted by Crippen LogP contribution is 2.31. The molecule has 32 heavy (non-hydrogen) atoms. The zero-order valence-corrected chi connectivity index (χ0v) is 17.8. The van der Waals surface area contributed by atoms with Crippen LogP contribution in [0, 0.1) is 23.7 Å². The number of urea groups is 1. The molecule has 4 rings (SSSR count). The number of nitriles is 1. The van der Waals surface area contributed by atoms with Crippen LogP contribution in [-0.4, -0.2) is 32.5 Å². The number of aryl methyl sites for hydroxylation is 1. The van der Waals surface area contributed by atoms with Gasteiger partial charge in [-0.3, -0.25) is 10.00 Å². The Morgan fingerprint density at radius 2 is 2.09 bits per heavy atom. The maximum absolute atomic E-state index is 12.3. The molecule has 0 saturated carbocycles. The molecule has 0 bridgehead atoms. The predicted octanol–water partition coefficient (Wildman–Crippen LogP) is 3.40. The number of benzene rings is 2. The number of carbonyl (C=O) groups excluding carboxylic acids is 1. The number of hydrogen-bond donors (Lipinski definition) is 3. The number of rotatable bonds is 5. The van der Waals surface area contributed by atoms with E-state index in [-0.39, 0.29) is 6.61 Å². The summed E-state index contributed by atoms with van der Waals surface area (Å²) in [6, 6.07) is 14.3. The Morgan fingerprint density at radius 1 is 1.31 bits per heavy atom. The molecule has 1 atom stereocenters. The van der Waals surface area contributed by atoms with Crippen LogP contribution in [0.3, 0.4) is 0 Å². The average Bonchev–Trinajstić information content (AvgIpc) is 3.41. The van der Waals surface area contributed by atoms with Gasteiger partial charge >= 0.3 is 6.03 Å². The molecule has 2 amide bonds. The molecule has 0 fully saturated rings. The minimum Gasteiger partial charge on any atom is -0.394 e. The standard InChI is InChI=1S/C23H18N6O2S/c1-3-21-26-20(13-32-21)27-23(31)25-18(12-30)15-9-7-14(8-10-15)16-5-4-6-19-22(16)17(11-24)28-29(19)2/h1,4-10,13,18,30H,12H2,2H3,(H2,25,27,31)/t18-/m0/s1. The van der Waals surface area contributed by atoms with E-state index < -0.39 is 12.1 Å². The van der Waals surface area contributed by atoms with Crippen molar-refractivity contribution in [3.05, 3.63) is 64.1 Å². The first-order valence-corrected chi connectivity index (χ1v) is 10.5. The van der Waals surface area contributed by atoms with Crippen molar-refractivity contribution in [1.82, 2.24) is 20.1 Å². The van der Waals surface area contributed by atoms with Crippen molar-refractivity contribution < 1.29 is 9.90 Å². The van der Waals surface area contributed by atoms with Crippen LogP contribution in [0.2, 0.25) is 0 Å². The quantitative estimate of drug-likeness (QED) is 0.410. The lowest BCUT2D eigenvalue weighted by molar-refractivity contribution is 0.225. The Labute approximate surface area is 188 Å². The van der Waals surface area contributed by atoms with Gasteiger partial charge in [-0.05, 0) is 28.7 Å². The molecule has 2 aromatic carbocycles. The first kappa shape index (κ1) is 21.1. The number of amides is 2. The van der Waals surface area contributed by atoms with E-state index in [2.05, 4.69) is 32.7 Å². The maximum atomic E-state index is 12.3. The van der Waals surface area contributed by atoms with Gasteiger partial charge in [-0.25, -0.2) is 9.78 Å². The molecule has 9 heteroatoms. The Bertz CT molecular complexity index is 1370. The van der Waals surface area contributed by atoms with E-state index >= 15 is 0 Å². The summed E-state index contributed by atoms with van der Waals surface area (Å²) in [5.41, 5.74) is 3.74. The van der Waals surface area contributed by atoms with Gasteiger partial charge < -0.3 is 10.4 Å². The minimum absolute atomic E-state index is 0.282. The fraction of sp³-hybridized carbons (Fsp3) is 0.130. The molecule has 158 valence electrons. The van der Waals surface area contributed by atoms with E-state index in [9.17, 15) is 15.2 Å². The zero-order valence-electron chi connectivity index (χ0n) is 17.0. The molecule has 0 saturated heterocycles. The number of carbonyl (C=O) groups is 1. The third-order valence-electron chi connectivity index (χ3n) is 4.97. The highest BCUT2D eigenvalue weighted by molar-refractivity contribution is 7.10. The molecule has 0 radical (unpaired) electrons. The molecule has 4 aromatic rings. The van der Waals surface area contributed by atoms with Crippen LogP contribution in [0.5, 0.6) is 0 Å². The number of anilines is 1. The van der Waals surface area contributed by atoms with Crippen LogP contribution in [-0.2, 0) is 7.05 Å². The smallest absolute Gasteiger partial charge is 0.320 e. The van der Waals surface area contributed by atoms with Crippen molar-refractivity contribution in [1.29, 1.82) is 5.26 Å². The second-order valence-electron chi connectivity index (χ2n) is 6.92. The largest absolute Gasteiger partial charge is 0.394 e. The summed E-state index contributed by atoms with van der Waals surface area (Å²) >= 11 is 1.25. The normalized spacial score (nSPS) is 11.5. The lowest BCUT2D eigenvalue weighted by Gasteiger charge is -2.17. The van der Waals surface area contributed by atoms with Crippen molar-refractivity contribution >= 4 is 34.1 Å². The number of hydrogen-bond acceptors (Lipinski definition) is 6. The molecule has 8 nitrogen and oxygen atoms in total. The van der Waals surface area contributed by atoms with Crippen molar-refractivity contribution in [2.75, 3.05) is 11.9 Å². The first-order valence-electron chi connectivity index (χ1n) is 9.60. The van der Waals surface area contributed by atoms with Crippen LogP contribution in [0.4, 0.5) is 10.6 Å². The first-order chi connectivity index (χ1) is 15.5. The summed E-state index contributed by atoms with van der Waals surface area (Å²) in [4.78, 5) is 16.4. The minimum atomic E-state index is -0.612. The number of thiazole rings is 1. The molecule has 0 aliphatic rings. The van der Waals surface area contributed by atoms with Gasteiger partial charge in [0, 0.05) is 17.8 Å². The molecule has 0 spiro atoms. The number of terminal acetylenes is 1. The third kappa shape index (κ3) is 4.03. The summed E-state index contributed by atoms with van der Waals surface area (Å²) in [6.07, 6.45) is 5.29. The molecule has 0 unspecified atom stereocenters. The van der Waals surface area contributed by atoms with E-state index in [0.29, 0.717) is 16.5 Å². The number of fused-ring (bicyclic) bond motifs is 1. The molecule has 0 aliphatic heterocycles. The van der Waals surface area contributed by atoms with Crippen LogP contribution >= 0.6 is 11.3 Å². The Balaban J connectivity index is 1.55. The summed E-state index contributed by atoms with van der Waals surface area (Å²) in [5.74, 6) is 2.76. The summed E-state index contributed by atoms with van der Waals surface area (Å²) in [6.45, 7) is -0.282. The van der Waals surface area contributed by atoms with Gasteiger partial charge in [-0.1, -0.05) is 36.4 Å². The van der Waals surface area contributed by atoms with E-state index in [4.69, 9.17) is 6.42 Å². The van der Waals surface area contributed by atoms with Gasteiger partial charge in [0.05, 0.1) is 18.2 Å². The van der Waals surface area contributed by atoms with Gasteiger partial charge in [-0.15, -0.1) is 17.8 Å². The lowest BCUT2D eigenvalue weighted by Crippen LogP contribution is -2.34. The van der Waals surface area contributed by atoms with E-state index in [1.54, 1.807) is 17.1 Å². The number of aromatic nitrogens is 3. The zero-order chi connectivity index (χ0) is 22.7. The Morgan fingerprint density at radius 3 is 2.75 bits per heavy atom. The van der Waals surface area contributed by atoms with E-state index in [1.165, 1.54) is 11.3 Å². The molecular formula is C23H18N6O2S. The number of nitrogens with zero attached hydrogens (tertiary/aromatic N) is 4. The fourth-order valence-electron chi connectivity index (χ4n) is 3.47. The highest BCUT2D eigenvalue weighted by Gasteiger charge is 2.17. The molecule has 0 aliphatic carbocycles. The van der Waals surface area contributed by atoms with Crippen molar-refractivity contribution in [2.45, 2.75) is 6.04 Å². The van der Waals surface area contributed by atoms with E-state index in [0.717, 1.165) is 27.6 Å². The summed E-state index contributed by atoms with van der Waals surface area (Å²) < 4.78 is 1.69. The van der Waals surface area contributed by atoms with Crippen LogP contribution in [0.1, 0.15) is 22.3 Å². The predicted molar refractivity (Wildman–Crippen MR) is 123 cm³/mol. The van der Waals surface area contributed by atoms with Crippen molar-refractivity contribution in [3.63, 3.8) is 0 Å². The summed E-state index contributed by atoms with van der Waals surface area (Å²) in [7, 11) is 1.80. The van der Waals surface area contributed by atoms with Crippen LogP contribution in [0.25, 0.3) is 22.0 Å². The number of aliphatic hydroxyl groups excluding tert-OH is 1. The topological polar surface area (TPSA) is 116 Å². The van der Waals surface area contributed by atoms with Crippen LogP contribution in [0.15, 0.2) is 47.8 Å². The van der Waals surface area contributed by atoms with Gasteiger partial charge in [-0.2, -0.15) is 10.4 Å². The molecule has 2 heterocycles. The fourth-order valence-corrected chi connectivity index (χ4v) is 4.02. The average molecular weight is 443 g/mol. The lowest BCUT2D eigenvalue weighted by atomic mass is 9.97. The second-order valence-corrected chi connectivity index (χ2v) is 7.78. The Kier molecular flexibility index (Phi) is 5.86. The Hall–Kier alpha value is -4.18. The van der Waals surface area contributed by atoms with Gasteiger partial charge in [0.2, 0.25) is 0 Å². The second kappa shape index (κ2) is 8.90. The molecule has 2 aromatic heterocycles. The van der Waals surface area contributed by atoms with Crippen molar-refractivity contribution in [2.24, 2.45) is 7.05 Å². The van der Waals surface area contributed by atoms with Gasteiger partial charge in [0.25, 0.3) is 0 Å². The van der Waals surface area contributed by atoms with Crippen LogP contribution < -0.4 is 10.6 Å². The summed E-state index contributed by atoms with van der Waals surface area (Å²) in [5, 5.41) is 31.8. The maximum Gasteiger partial charge on any atom is 0.320 e. The van der Waals surface area contributed by atoms with Gasteiger partial charge in [0.15, 0.2) is 10.7 Å². The monoisotopic (exact) mass is 442 g/mol.